The molecule has 1 aliphatic heterocycles. The lowest BCUT2D eigenvalue weighted by Crippen LogP contribution is -2.51. The fraction of sp³-hybridized carbons (Fsp3) is 0.312. The third kappa shape index (κ3) is 6.35. The van der Waals surface area contributed by atoms with Gasteiger partial charge in [-0.3, -0.25) is 18.8 Å². The van der Waals surface area contributed by atoms with E-state index in [1.54, 1.807) is 18.7 Å². The summed E-state index contributed by atoms with van der Waals surface area (Å²) in [7, 11) is 0. The van der Waals surface area contributed by atoms with Crippen molar-refractivity contribution in [3.8, 4) is 0 Å². The second-order valence-electron chi connectivity index (χ2n) is 10.5. The zero-order chi connectivity index (χ0) is 29.8. The number of hydrogen-bond acceptors (Lipinski definition) is 6. The third-order valence-corrected chi connectivity index (χ3v) is 8.64. The summed E-state index contributed by atoms with van der Waals surface area (Å²) >= 11 is 1.71. The Kier molecular flexibility index (Phi) is 9.25. The van der Waals surface area contributed by atoms with E-state index in [-0.39, 0.29) is 18.7 Å². The van der Waals surface area contributed by atoms with Crippen LogP contribution in [0.3, 0.4) is 0 Å². The molecular formula is C32H35F2N5O2S. The molecule has 2 heterocycles. The summed E-state index contributed by atoms with van der Waals surface area (Å²) in [4.78, 5) is 33.2. The second-order valence-corrected chi connectivity index (χ2v) is 11.4. The number of anilines is 1. The van der Waals surface area contributed by atoms with Crippen LogP contribution in [0.1, 0.15) is 28.4 Å². The van der Waals surface area contributed by atoms with Gasteiger partial charge in [-0.05, 0) is 48.6 Å². The smallest absolute Gasteiger partial charge is 0.331 e. The second kappa shape index (κ2) is 13.1. The topological polar surface area (TPSA) is 76.5 Å². The highest BCUT2D eigenvalue weighted by Crippen LogP contribution is 2.21. The Labute approximate surface area is 248 Å². The van der Waals surface area contributed by atoms with E-state index in [2.05, 4.69) is 35.4 Å². The van der Waals surface area contributed by atoms with Crippen LogP contribution in [0.15, 0.2) is 87.3 Å². The molecule has 0 amide bonds. The molecule has 2 N–H and O–H groups in total. The molecule has 1 fully saturated rings. The number of thioether (sulfide) groups is 1. The predicted octanol–water partition coefficient (Wildman–Crippen LogP) is 4.39. The summed E-state index contributed by atoms with van der Waals surface area (Å²) in [5, 5.41) is 0. The molecule has 10 heteroatoms. The summed E-state index contributed by atoms with van der Waals surface area (Å²) in [5.74, 6) is -1.50. The molecule has 7 nitrogen and oxygen atoms in total. The highest BCUT2D eigenvalue weighted by molar-refractivity contribution is 7.98. The Morgan fingerprint density at radius 3 is 2.10 bits per heavy atom. The molecule has 1 aromatic heterocycles. The van der Waals surface area contributed by atoms with Crippen LogP contribution in [0.5, 0.6) is 0 Å². The van der Waals surface area contributed by atoms with Gasteiger partial charge in [0.1, 0.15) is 17.3 Å². The van der Waals surface area contributed by atoms with Crippen molar-refractivity contribution in [3.05, 3.63) is 128 Å². The maximum absolute atomic E-state index is 14.7. The van der Waals surface area contributed by atoms with Crippen molar-refractivity contribution >= 4 is 17.4 Å². The van der Waals surface area contributed by atoms with Crippen LogP contribution in [0.2, 0.25) is 0 Å². The predicted molar refractivity (Wildman–Crippen MR) is 164 cm³/mol. The monoisotopic (exact) mass is 591 g/mol. The third-order valence-electron chi connectivity index (χ3n) is 7.90. The lowest BCUT2D eigenvalue weighted by molar-refractivity contribution is 0.249. The standard InChI is InChI=1S/C32H35F2N5O2S/c1-22-30(37-17-15-36(16-18-37)19-23-11-13-25(42-2)14-12-23)31(40)39(21-29(35)24-7-4-3-5-8-24)32(41)38(22)20-26-27(33)9-6-10-28(26)34/h3-14,29H,15-21,35H2,1-2H3/t29-/m1/s1. The maximum atomic E-state index is 14.7. The first-order valence-corrected chi connectivity index (χ1v) is 15.2. The van der Waals surface area contributed by atoms with Gasteiger partial charge >= 0.3 is 5.69 Å². The molecular weight excluding hydrogens is 556 g/mol. The number of nitrogens with zero attached hydrogens (tertiary/aromatic N) is 4. The number of piperazine rings is 1. The van der Waals surface area contributed by atoms with Crippen LogP contribution >= 0.6 is 11.8 Å². The van der Waals surface area contributed by atoms with Crippen molar-refractivity contribution in [3.63, 3.8) is 0 Å². The molecule has 1 atom stereocenters. The molecule has 0 saturated carbocycles. The van der Waals surface area contributed by atoms with E-state index in [4.69, 9.17) is 5.73 Å². The first kappa shape index (κ1) is 29.8. The molecule has 0 spiro atoms. The van der Waals surface area contributed by atoms with Crippen LogP contribution in [-0.2, 0) is 19.6 Å². The minimum Gasteiger partial charge on any atom is -0.363 e. The maximum Gasteiger partial charge on any atom is 0.331 e. The molecule has 0 aliphatic carbocycles. The minimum atomic E-state index is -0.749. The SMILES string of the molecule is CSc1ccc(CN2CCN(c3c(C)n(Cc4c(F)cccc4F)c(=O)n(C[C@@H](N)c4ccccc4)c3=O)CC2)cc1. The molecule has 42 heavy (non-hydrogen) atoms. The number of halogens is 2. The van der Waals surface area contributed by atoms with E-state index >= 15 is 0 Å². The van der Waals surface area contributed by atoms with Gasteiger partial charge in [-0.2, -0.15) is 0 Å². The van der Waals surface area contributed by atoms with Gasteiger partial charge in [0, 0.05) is 54.9 Å². The van der Waals surface area contributed by atoms with Crippen LogP contribution in [0.25, 0.3) is 0 Å². The van der Waals surface area contributed by atoms with Gasteiger partial charge in [0.05, 0.1) is 13.1 Å². The Balaban J connectivity index is 1.47. The molecule has 0 unspecified atom stereocenters. The van der Waals surface area contributed by atoms with E-state index in [0.29, 0.717) is 37.6 Å². The molecule has 0 radical (unpaired) electrons. The molecule has 1 saturated heterocycles. The van der Waals surface area contributed by atoms with Gasteiger partial charge in [-0.1, -0.05) is 48.5 Å². The molecule has 5 rings (SSSR count). The highest BCUT2D eigenvalue weighted by Gasteiger charge is 2.26. The largest absolute Gasteiger partial charge is 0.363 e. The van der Waals surface area contributed by atoms with Gasteiger partial charge in [-0.15, -0.1) is 11.8 Å². The van der Waals surface area contributed by atoms with Crippen molar-refractivity contribution < 1.29 is 8.78 Å². The van der Waals surface area contributed by atoms with Gasteiger partial charge in [0.15, 0.2) is 0 Å². The number of benzene rings is 3. The Morgan fingerprint density at radius 1 is 0.833 bits per heavy atom. The fourth-order valence-electron chi connectivity index (χ4n) is 5.46. The zero-order valence-corrected chi connectivity index (χ0v) is 24.6. The van der Waals surface area contributed by atoms with Gasteiger partial charge in [0.2, 0.25) is 0 Å². The first-order chi connectivity index (χ1) is 20.3. The van der Waals surface area contributed by atoms with Crippen molar-refractivity contribution in [2.45, 2.75) is 37.5 Å². The van der Waals surface area contributed by atoms with E-state index in [1.165, 1.54) is 21.1 Å². The van der Waals surface area contributed by atoms with Crippen molar-refractivity contribution in [1.29, 1.82) is 0 Å². The van der Waals surface area contributed by atoms with Gasteiger partial charge in [0.25, 0.3) is 5.56 Å². The Morgan fingerprint density at radius 2 is 1.48 bits per heavy atom. The van der Waals surface area contributed by atoms with Crippen LogP contribution < -0.4 is 21.9 Å². The van der Waals surface area contributed by atoms with E-state index < -0.39 is 28.9 Å². The van der Waals surface area contributed by atoms with E-state index in [1.807, 2.05) is 35.2 Å². The average molecular weight is 592 g/mol. The highest BCUT2D eigenvalue weighted by atomic mass is 32.2. The van der Waals surface area contributed by atoms with Crippen molar-refractivity contribution in [2.24, 2.45) is 5.73 Å². The number of nitrogens with two attached hydrogens (primary N) is 1. The summed E-state index contributed by atoms with van der Waals surface area (Å²) in [6.07, 6.45) is 2.05. The molecule has 1 aliphatic rings. The molecule has 4 aromatic rings. The summed E-state index contributed by atoms with van der Waals surface area (Å²) < 4.78 is 31.7. The normalized spacial score (nSPS) is 14.7. The quantitative estimate of drug-likeness (QED) is 0.291. The number of hydrogen-bond donors (Lipinski definition) is 1. The summed E-state index contributed by atoms with van der Waals surface area (Å²) in [6, 6.07) is 20.7. The number of rotatable bonds is 9. The van der Waals surface area contributed by atoms with Crippen LogP contribution in [0.4, 0.5) is 14.5 Å². The molecule has 220 valence electrons. The molecule has 3 aromatic carbocycles. The van der Waals surface area contributed by atoms with Crippen molar-refractivity contribution in [2.75, 3.05) is 37.3 Å². The summed E-state index contributed by atoms with van der Waals surface area (Å²) in [5.41, 5.74) is 7.83. The number of aromatic nitrogens is 2. The Hall–Kier alpha value is -3.73. The van der Waals surface area contributed by atoms with Crippen LogP contribution in [-0.4, -0.2) is 46.5 Å². The minimum absolute atomic E-state index is 0.0687. The summed E-state index contributed by atoms with van der Waals surface area (Å²) in [6.45, 7) is 4.61. The van der Waals surface area contributed by atoms with E-state index in [0.717, 1.165) is 28.8 Å². The lowest BCUT2D eigenvalue weighted by Gasteiger charge is -2.37. The van der Waals surface area contributed by atoms with Crippen LogP contribution in [0, 0.1) is 18.6 Å². The van der Waals surface area contributed by atoms with Gasteiger partial charge in [-0.25, -0.2) is 13.6 Å². The zero-order valence-electron chi connectivity index (χ0n) is 23.8. The van der Waals surface area contributed by atoms with E-state index in [9.17, 15) is 18.4 Å². The van der Waals surface area contributed by atoms with Crippen molar-refractivity contribution in [1.82, 2.24) is 14.0 Å². The molecule has 0 bridgehead atoms. The Bertz CT molecular complexity index is 1630. The average Bonchev–Trinajstić information content (AvgIpc) is 3.00. The van der Waals surface area contributed by atoms with Gasteiger partial charge < -0.3 is 10.6 Å². The lowest BCUT2D eigenvalue weighted by atomic mass is 10.1. The first-order valence-electron chi connectivity index (χ1n) is 13.9. The fourth-order valence-corrected chi connectivity index (χ4v) is 5.87.